The summed E-state index contributed by atoms with van der Waals surface area (Å²) in [7, 11) is 0. The second-order valence-electron chi connectivity index (χ2n) is 22.8. The second kappa shape index (κ2) is 28.7. The van der Waals surface area contributed by atoms with E-state index < -0.39 is 35.3 Å². The Labute approximate surface area is 557 Å². The lowest BCUT2D eigenvalue weighted by molar-refractivity contribution is -0.140. The van der Waals surface area contributed by atoms with E-state index in [2.05, 4.69) is 70.8 Å². The van der Waals surface area contributed by atoms with Crippen LogP contribution >= 0.6 is 46.6 Å². The standard InChI is InChI=1S/C26H29Cl2N5O4S.C21H20N8O2.C17H16ClN5O2/c1-4-6-9-37-19(34)12-38-25-20-23(29-13-30-25)33(14-31-20)21(22(35)26(5-2)7-8-26)24(36)32-18-10-15(3)16(27)11-17(18)28;1-11(7-14-5-4-6-15(8-14)21(30)31)18-25-26-20-17(13(3)27-29(18)20)28-10-24-16-12(2)22-9-23-19(16)28;1-9-4-5-12(18)13(6-9)22-17(25)15(11(3)24)23-8-21-14-10(2)19-7-20-16(14)23/h10-11,13-14,21H,4-9,12H2,1-3H3,(H,32,36);4-6,8-11,27H,7H2,1-3H3,(H,30,31);4-8,15H,1-3H3,(H,22,25). The van der Waals surface area contributed by atoms with E-state index in [-0.39, 0.29) is 39.8 Å². The number of carboxylic acids is 1. The van der Waals surface area contributed by atoms with Crippen LogP contribution < -0.4 is 10.6 Å². The fraction of sp³-hybridized carbons (Fsp3) is 0.328. The maximum atomic E-state index is 13.8. The Hall–Kier alpha value is -9.57. The van der Waals surface area contributed by atoms with Gasteiger partial charge < -0.3 is 20.5 Å². The Bertz CT molecular complexity index is 4730. The van der Waals surface area contributed by atoms with Gasteiger partial charge in [-0.25, -0.2) is 54.2 Å². The normalized spacial score (nSPS) is 13.4. The number of ether oxygens (including phenoxy) is 1. The summed E-state index contributed by atoms with van der Waals surface area (Å²) < 4.78 is 11.9. The molecule has 2 amide bonds. The Morgan fingerprint density at radius 2 is 1.33 bits per heavy atom. The number of H-pyrrole nitrogens is 1. The third kappa shape index (κ3) is 14.3. The van der Waals surface area contributed by atoms with E-state index in [1.165, 1.54) is 59.5 Å². The number of fused-ring (bicyclic) bond motifs is 4. The number of nitrogens with zero attached hydrogens (tertiary/aromatic N) is 15. The lowest BCUT2D eigenvalue weighted by Crippen LogP contribution is -2.36. The number of aromatic carboxylic acids is 1. The van der Waals surface area contributed by atoms with Crippen LogP contribution in [0.5, 0.6) is 0 Å². The summed E-state index contributed by atoms with van der Waals surface area (Å²) >= 11 is 19.8. The molecule has 4 N–H and O–H groups in total. The molecule has 486 valence electrons. The van der Waals surface area contributed by atoms with Crippen LogP contribution in [0.1, 0.15) is 128 Å². The first-order valence-corrected chi connectivity index (χ1v) is 32.0. The number of thioether (sulfide) groups is 1. The number of aromatic nitrogens is 16. The number of aryl methyl sites for hydroxylation is 5. The van der Waals surface area contributed by atoms with E-state index in [9.17, 15) is 33.9 Å². The van der Waals surface area contributed by atoms with Crippen molar-refractivity contribution in [2.45, 2.75) is 124 Å². The number of benzene rings is 3. The molecule has 0 bridgehead atoms. The van der Waals surface area contributed by atoms with Crippen molar-refractivity contribution in [2.75, 3.05) is 23.0 Å². The monoisotopic (exact) mass is 1350 g/mol. The number of carbonyl (C=O) groups is 6. The van der Waals surface area contributed by atoms with Gasteiger partial charge in [0.1, 0.15) is 52.6 Å². The van der Waals surface area contributed by atoms with Crippen LogP contribution in [0.25, 0.3) is 44.8 Å². The van der Waals surface area contributed by atoms with Crippen molar-refractivity contribution >= 4 is 132 Å². The van der Waals surface area contributed by atoms with Crippen molar-refractivity contribution in [1.82, 2.24) is 78.4 Å². The molecular formula is C64H65Cl3N18O8S. The molecule has 1 aliphatic carbocycles. The molecule has 1 saturated carbocycles. The van der Waals surface area contributed by atoms with Crippen LogP contribution in [0.4, 0.5) is 11.4 Å². The van der Waals surface area contributed by atoms with Crippen molar-refractivity contribution in [3.05, 3.63) is 153 Å². The van der Waals surface area contributed by atoms with Crippen molar-refractivity contribution in [3.63, 3.8) is 0 Å². The minimum Gasteiger partial charge on any atom is -0.478 e. The summed E-state index contributed by atoms with van der Waals surface area (Å²) in [6, 6.07) is 13.1. The van der Waals surface area contributed by atoms with Crippen LogP contribution in [0.15, 0.2) is 97.6 Å². The zero-order valence-electron chi connectivity index (χ0n) is 52.6. The summed E-state index contributed by atoms with van der Waals surface area (Å²) in [6.45, 7) is 17.1. The number of Topliss-reactive ketones (excluding diaryl/α,β-unsaturated/α-hetero) is 2. The minimum atomic E-state index is -1.22. The average molecular weight is 1350 g/mol. The van der Waals surface area contributed by atoms with Gasteiger partial charge in [0.05, 0.1) is 69.1 Å². The number of esters is 1. The molecule has 3 unspecified atom stereocenters. The predicted octanol–water partition coefficient (Wildman–Crippen LogP) is 11.5. The zero-order chi connectivity index (χ0) is 67.3. The average Bonchev–Trinajstić information content (AvgIpc) is 1.60. The number of carbonyl (C=O) groups excluding carboxylic acids is 5. The van der Waals surface area contributed by atoms with Gasteiger partial charge in [0.25, 0.3) is 11.8 Å². The number of hydrogen-bond donors (Lipinski definition) is 4. The molecule has 12 rings (SSSR count). The number of nitrogens with one attached hydrogen (secondary N) is 3. The van der Waals surface area contributed by atoms with Gasteiger partial charge in [0.2, 0.25) is 5.65 Å². The number of carboxylic acid groups (broad SMARTS) is 1. The topological polar surface area (TPSA) is 333 Å². The van der Waals surface area contributed by atoms with E-state index >= 15 is 0 Å². The number of unbranched alkanes of at least 4 members (excludes halogenated alkanes) is 1. The third-order valence-electron chi connectivity index (χ3n) is 16.0. The Kier molecular flexibility index (Phi) is 20.6. The number of anilines is 2. The molecule has 0 aliphatic heterocycles. The van der Waals surface area contributed by atoms with E-state index in [0.717, 1.165) is 70.8 Å². The maximum Gasteiger partial charge on any atom is 0.335 e. The van der Waals surface area contributed by atoms with Crippen LogP contribution in [-0.4, -0.2) is 131 Å². The first-order chi connectivity index (χ1) is 45.0. The van der Waals surface area contributed by atoms with E-state index in [4.69, 9.17) is 39.5 Å². The molecule has 8 heterocycles. The smallest absolute Gasteiger partial charge is 0.335 e. The van der Waals surface area contributed by atoms with Gasteiger partial charge >= 0.3 is 11.9 Å². The zero-order valence-corrected chi connectivity index (χ0v) is 55.7. The van der Waals surface area contributed by atoms with Gasteiger partial charge in [-0.15, -0.1) is 10.2 Å². The number of halogens is 3. The SMILES string of the molecule is CC(=O)C(C(=O)Nc1cc(C)ccc1Cl)n1cnc2c(C)ncnc21.CCCCOC(=O)CSc1ncnc2c1ncn2C(C(=O)Nc1cc(C)c(Cl)cc1Cl)C(=O)C1(CC)CC1.Cc1[nH]n2c(C(C)Cc3cccc(C(=O)O)c3)nnc2c1-n1cnc2c(C)ncnc21. The fourth-order valence-electron chi connectivity index (χ4n) is 10.7. The summed E-state index contributed by atoms with van der Waals surface area (Å²) in [4.78, 5) is 114. The van der Waals surface area contributed by atoms with Gasteiger partial charge in [-0.2, -0.15) is 0 Å². The van der Waals surface area contributed by atoms with E-state index in [1.807, 2.05) is 62.8 Å². The third-order valence-corrected chi connectivity index (χ3v) is 18.0. The van der Waals surface area contributed by atoms with Gasteiger partial charge in [0, 0.05) is 16.4 Å². The number of aromatic amines is 1. The van der Waals surface area contributed by atoms with Crippen LogP contribution in [0, 0.1) is 40.0 Å². The molecule has 1 aliphatic rings. The maximum absolute atomic E-state index is 13.8. The Morgan fingerprint density at radius 3 is 2.00 bits per heavy atom. The molecule has 3 aromatic carbocycles. The molecule has 26 nitrogen and oxygen atoms in total. The summed E-state index contributed by atoms with van der Waals surface area (Å²) in [5, 5.41) is 28.5. The number of ketones is 2. The summed E-state index contributed by atoms with van der Waals surface area (Å²) in [5.74, 6) is -2.05. The highest BCUT2D eigenvalue weighted by atomic mass is 35.5. The van der Waals surface area contributed by atoms with Crippen LogP contribution in [-0.2, 0) is 35.1 Å². The first kappa shape index (κ1) is 67.3. The van der Waals surface area contributed by atoms with Gasteiger partial charge in [-0.05, 0) is 127 Å². The lowest BCUT2D eigenvalue weighted by atomic mass is 9.91. The molecule has 0 spiro atoms. The highest BCUT2D eigenvalue weighted by Crippen LogP contribution is 2.52. The highest BCUT2D eigenvalue weighted by molar-refractivity contribution is 8.00. The molecule has 8 aromatic heterocycles. The van der Waals surface area contributed by atoms with Crippen molar-refractivity contribution in [2.24, 2.45) is 5.41 Å². The van der Waals surface area contributed by atoms with Gasteiger partial charge in [0.15, 0.2) is 46.4 Å². The van der Waals surface area contributed by atoms with E-state index in [0.29, 0.717) is 85.2 Å². The summed E-state index contributed by atoms with van der Waals surface area (Å²) in [5.41, 5.74) is 10.2. The van der Waals surface area contributed by atoms with Crippen molar-refractivity contribution < 1.29 is 38.6 Å². The number of rotatable bonds is 21. The largest absolute Gasteiger partial charge is 0.478 e. The molecular weight excluding hydrogens is 1290 g/mol. The van der Waals surface area contributed by atoms with E-state index in [1.54, 1.807) is 62.6 Å². The second-order valence-corrected chi connectivity index (χ2v) is 25.0. The molecule has 0 radical (unpaired) electrons. The predicted molar refractivity (Wildman–Crippen MR) is 355 cm³/mol. The van der Waals surface area contributed by atoms with Crippen LogP contribution in [0.2, 0.25) is 15.1 Å². The molecule has 0 saturated heterocycles. The van der Waals surface area contributed by atoms with Crippen molar-refractivity contribution in [1.29, 1.82) is 0 Å². The van der Waals surface area contributed by atoms with Gasteiger partial charge in [-0.1, -0.05) is 92.0 Å². The molecule has 3 atom stereocenters. The minimum absolute atomic E-state index is 0.00838. The summed E-state index contributed by atoms with van der Waals surface area (Å²) in [6.07, 6.45) is 13.2. The Morgan fingerprint density at radius 1 is 0.702 bits per heavy atom. The van der Waals surface area contributed by atoms with Crippen molar-refractivity contribution in [3.8, 4) is 5.69 Å². The Balaban J connectivity index is 0.000000157. The highest BCUT2D eigenvalue weighted by Gasteiger charge is 2.53. The molecule has 30 heteroatoms. The van der Waals surface area contributed by atoms with Crippen LogP contribution in [0.3, 0.4) is 0 Å². The number of hydrogen-bond acceptors (Lipinski definition) is 19. The lowest BCUT2D eigenvalue weighted by Gasteiger charge is -2.22. The number of amides is 2. The molecule has 11 aromatic rings. The fourth-order valence-corrected chi connectivity index (χ4v) is 12.0. The molecule has 1 fully saturated rings. The van der Waals surface area contributed by atoms with Gasteiger partial charge in [-0.3, -0.25) is 42.8 Å². The number of imidazole rings is 3. The molecule has 94 heavy (non-hydrogen) atoms. The quantitative estimate of drug-likeness (QED) is 0.0171. The first-order valence-electron chi connectivity index (χ1n) is 29.9.